The summed E-state index contributed by atoms with van der Waals surface area (Å²) in [6.07, 6.45) is -0.864. The van der Waals surface area contributed by atoms with E-state index in [9.17, 15) is 4.39 Å². The number of aliphatic hydroxyl groups is 1. The van der Waals surface area contributed by atoms with Crippen LogP contribution in [0.1, 0.15) is 17.9 Å². The smallest absolute Gasteiger partial charge is 0.199 e. The Morgan fingerprint density at radius 1 is 1.33 bits per heavy atom. The summed E-state index contributed by atoms with van der Waals surface area (Å²) in [5.41, 5.74) is 1.14. The van der Waals surface area contributed by atoms with Crippen molar-refractivity contribution < 1.29 is 9.50 Å². The van der Waals surface area contributed by atoms with Crippen molar-refractivity contribution in [3.05, 3.63) is 35.9 Å². The van der Waals surface area contributed by atoms with Gasteiger partial charge in [-0.2, -0.15) is 0 Å². The number of hydrogen-bond donors (Lipinski definition) is 1. The highest BCUT2D eigenvalue weighted by Crippen LogP contribution is 2.49. The van der Waals surface area contributed by atoms with E-state index in [0.29, 0.717) is 0 Å². The molecule has 0 amide bonds. The van der Waals surface area contributed by atoms with Gasteiger partial charge in [-0.15, -0.1) is 0 Å². The average molecular weight is 166 g/mol. The molecule has 3 atom stereocenters. The Hall–Kier alpha value is -0.890. The summed E-state index contributed by atoms with van der Waals surface area (Å²) in [5.74, 6) is 0.0820. The molecule has 1 aromatic rings. The van der Waals surface area contributed by atoms with Gasteiger partial charge >= 0.3 is 0 Å². The molecule has 64 valence electrons. The van der Waals surface area contributed by atoms with E-state index in [-0.39, 0.29) is 11.8 Å². The van der Waals surface area contributed by atoms with Crippen LogP contribution in [-0.2, 0) is 0 Å². The fourth-order valence-corrected chi connectivity index (χ4v) is 1.60. The van der Waals surface area contributed by atoms with Crippen LogP contribution < -0.4 is 0 Å². The van der Waals surface area contributed by atoms with E-state index >= 15 is 0 Å². The Labute approximate surface area is 70.8 Å². The Morgan fingerprint density at radius 2 is 2.00 bits per heavy atom. The third kappa shape index (κ3) is 1.34. The van der Waals surface area contributed by atoms with Crippen molar-refractivity contribution in [2.75, 3.05) is 0 Å². The lowest BCUT2D eigenvalue weighted by atomic mass is 10.1. The standard InChI is InChI=1S/C10H11FO/c11-10(12)9-6-8(9)7-4-2-1-3-5-7/h1-5,8-10,12H,6H2. The fraction of sp³-hybridized carbons (Fsp3) is 0.400. The molecule has 0 spiro atoms. The maximum absolute atomic E-state index is 12.4. The van der Waals surface area contributed by atoms with Crippen LogP contribution in [0.25, 0.3) is 0 Å². The molecule has 0 radical (unpaired) electrons. The predicted molar refractivity (Wildman–Crippen MR) is 44.4 cm³/mol. The Balaban J connectivity index is 2.06. The molecule has 0 bridgehead atoms. The molecule has 1 aliphatic carbocycles. The van der Waals surface area contributed by atoms with Gasteiger partial charge in [-0.25, -0.2) is 4.39 Å². The first-order valence-corrected chi connectivity index (χ1v) is 4.16. The SMILES string of the molecule is OC(F)C1CC1c1ccccc1. The summed E-state index contributed by atoms with van der Waals surface area (Å²) in [5, 5.41) is 8.66. The highest BCUT2D eigenvalue weighted by atomic mass is 19.1. The summed E-state index contributed by atoms with van der Waals surface area (Å²) in [7, 11) is 0. The van der Waals surface area contributed by atoms with Gasteiger partial charge in [0.05, 0.1) is 0 Å². The monoisotopic (exact) mass is 166 g/mol. The van der Waals surface area contributed by atoms with Crippen LogP contribution in [0.5, 0.6) is 0 Å². The van der Waals surface area contributed by atoms with Gasteiger partial charge in [0, 0.05) is 5.92 Å². The van der Waals surface area contributed by atoms with Crippen LogP contribution in [-0.4, -0.2) is 11.5 Å². The molecule has 1 fully saturated rings. The van der Waals surface area contributed by atoms with Crippen LogP contribution in [0.15, 0.2) is 30.3 Å². The maximum atomic E-state index is 12.4. The van der Waals surface area contributed by atoms with Crippen molar-refractivity contribution in [3.8, 4) is 0 Å². The third-order valence-electron chi connectivity index (χ3n) is 2.42. The topological polar surface area (TPSA) is 20.2 Å². The van der Waals surface area contributed by atoms with E-state index in [4.69, 9.17) is 5.11 Å². The molecule has 0 aliphatic heterocycles. The second-order valence-corrected chi connectivity index (χ2v) is 3.29. The van der Waals surface area contributed by atoms with Crippen molar-refractivity contribution in [1.29, 1.82) is 0 Å². The Kier molecular flexibility index (Phi) is 1.85. The molecule has 1 nitrogen and oxygen atoms in total. The fourth-order valence-electron chi connectivity index (χ4n) is 1.60. The van der Waals surface area contributed by atoms with E-state index in [1.807, 2.05) is 30.3 Å². The predicted octanol–water partition coefficient (Wildman–Crippen LogP) is 2.08. The van der Waals surface area contributed by atoms with E-state index in [1.165, 1.54) is 0 Å². The van der Waals surface area contributed by atoms with E-state index < -0.39 is 6.36 Å². The van der Waals surface area contributed by atoms with Crippen molar-refractivity contribution >= 4 is 0 Å². The summed E-state index contributed by atoms with van der Waals surface area (Å²) in [4.78, 5) is 0. The maximum Gasteiger partial charge on any atom is 0.199 e. The lowest BCUT2D eigenvalue weighted by molar-refractivity contribution is 0.0203. The lowest BCUT2D eigenvalue weighted by Gasteiger charge is -1.99. The minimum absolute atomic E-state index is 0.160. The Morgan fingerprint density at radius 3 is 2.50 bits per heavy atom. The van der Waals surface area contributed by atoms with Gasteiger partial charge in [0.15, 0.2) is 6.36 Å². The first kappa shape index (κ1) is 7.74. The third-order valence-corrected chi connectivity index (χ3v) is 2.42. The minimum Gasteiger partial charge on any atom is -0.364 e. The van der Waals surface area contributed by atoms with Gasteiger partial charge in [-0.05, 0) is 17.9 Å². The molecule has 1 aromatic carbocycles. The molecule has 3 unspecified atom stereocenters. The number of aliphatic hydroxyl groups excluding tert-OH is 1. The molecule has 1 aliphatic rings. The number of benzene rings is 1. The van der Waals surface area contributed by atoms with Gasteiger partial charge < -0.3 is 5.11 Å². The molecule has 0 aromatic heterocycles. The molecule has 2 heteroatoms. The zero-order valence-electron chi connectivity index (χ0n) is 6.65. The largest absolute Gasteiger partial charge is 0.364 e. The van der Waals surface area contributed by atoms with Crippen LogP contribution in [0.4, 0.5) is 4.39 Å². The van der Waals surface area contributed by atoms with Crippen LogP contribution in [0, 0.1) is 5.92 Å². The molecular weight excluding hydrogens is 155 g/mol. The summed E-state index contributed by atoms with van der Waals surface area (Å²) in [6, 6.07) is 9.78. The molecule has 1 saturated carbocycles. The summed E-state index contributed by atoms with van der Waals surface area (Å²) in [6.45, 7) is 0. The second kappa shape index (κ2) is 2.87. The second-order valence-electron chi connectivity index (χ2n) is 3.29. The Bertz CT molecular complexity index is 258. The van der Waals surface area contributed by atoms with E-state index in [2.05, 4.69) is 0 Å². The first-order chi connectivity index (χ1) is 5.79. The zero-order valence-corrected chi connectivity index (χ0v) is 6.65. The minimum atomic E-state index is -1.64. The number of hydrogen-bond acceptors (Lipinski definition) is 1. The van der Waals surface area contributed by atoms with Gasteiger partial charge in [0.2, 0.25) is 0 Å². The van der Waals surface area contributed by atoms with Crippen LogP contribution in [0.3, 0.4) is 0 Å². The van der Waals surface area contributed by atoms with Gasteiger partial charge in [0.1, 0.15) is 0 Å². The van der Waals surface area contributed by atoms with Crippen LogP contribution in [0.2, 0.25) is 0 Å². The number of alkyl halides is 1. The highest BCUT2D eigenvalue weighted by molar-refractivity contribution is 5.25. The summed E-state index contributed by atoms with van der Waals surface area (Å²) >= 11 is 0. The van der Waals surface area contributed by atoms with Gasteiger partial charge in [-0.3, -0.25) is 0 Å². The first-order valence-electron chi connectivity index (χ1n) is 4.16. The molecule has 1 N–H and O–H groups in total. The quantitative estimate of drug-likeness (QED) is 0.713. The highest BCUT2D eigenvalue weighted by Gasteiger charge is 2.43. The molecule has 12 heavy (non-hydrogen) atoms. The lowest BCUT2D eigenvalue weighted by Crippen LogP contribution is -2.01. The van der Waals surface area contributed by atoms with E-state index in [0.717, 1.165) is 12.0 Å². The van der Waals surface area contributed by atoms with Crippen molar-refractivity contribution in [3.63, 3.8) is 0 Å². The number of halogens is 1. The molecule has 0 heterocycles. The zero-order chi connectivity index (χ0) is 8.55. The van der Waals surface area contributed by atoms with Crippen molar-refractivity contribution in [2.24, 2.45) is 5.92 Å². The van der Waals surface area contributed by atoms with Gasteiger partial charge in [-0.1, -0.05) is 30.3 Å². The molecule has 2 rings (SSSR count). The van der Waals surface area contributed by atoms with Gasteiger partial charge in [0.25, 0.3) is 0 Å². The van der Waals surface area contributed by atoms with Crippen molar-refractivity contribution in [2.45, 2.75) is 18.7 Å². The number of rotatable bonds is 2. The molecular formula is C10H11FO. The average Bonchev–Trinajstić information content (AvgIpc) is 2.84. The summed E-state index contributed by atoms with van der Waals surface area (Å²) < 4.78 is 12.4. The molecule has 0 saturated heterocycles. The van der Waals surface area contributed by atoms with E-state index in [1.54, 1.807) is 0 Å². The van der Waals surface area contributed by atoms with Crippen molar-refractivity contribution in [1.82, 2.24) is 0 Å². The normalized spacial score (nSPS) is 29.8. The van der Waals surface area contributed by atoms with Crippen LogP contribution >= 0.6 is 0 Å².